The number of carbonyl (C=O) groups is 1. The number of thiazole rings is 1. The topological polar surface area (TPSA) is 39.2 Å². The summed E-state index contributed by atoms with van der Waals surface area (Å²) in [4.78, 5) is 14.9. The van der Waals surface area contributed by atoms with Crippen molar-refractivity contribution in [2.75, 3.05) is 0 Å². The molecule has 0 bridgehead atoms. The van der Waals surface area contributed by atoms with Crippen molar-refractivity contribution in [2.24, 2.45) is 0 Å². The van der Waals surface area contributed by atoms with E-state index in [0.717, 1.165) is 15.8 Å². The van der Waals surface area contributed by atoms with E-state index >= 15 is 0 Å². The maximum atomic E-state index is 10.8. The van der Waals surface area contributed by atoms with E-state index in [9.17, 15) is 4.79 Å². The Bertz CT molecular complexity index is 485. The third-order valence-electron chi connectivity index (χ3n) is 1.95. The van der Waals surface area contributed by atoms with Crippen molar-refractivity contribution in [3.63, 3.8) is 0 Å². The molecule has 0 aliphatic carbocycles. The lowest BCUT2D eigenvalue weighted by Crippen LogP contribution is -1.98. The highest BCUT2D eigenvalue weighted by atomic mass is 79.9. The van der Waals surface area contributed by atoms with Crippen molar-refractivity contribution < 1.29 is 9.53 Å². The summed E-state index contributed by atoms with van der Waals surface area (Å²) in [6.45, 7) is 0.376. The van der Waals surface area contributed by atoms with E-state index in [1.54, 1.807) is 18.3 Å². The number of ether oxygens (including phenoxy) is 1. The Hall–Kier alpha value is -1.20. The predicted molar refractivity (Wildman–Crippen MR) is 66.0 cm³/mol. The van der Waals surface area contributed by atoms with E-state index in [0.29, 0.717) is 17.9 Å². The number of aromatic nitrogens is 1. The van der Waals surface area contributed by atoms with Crippen LogP contribution in [0.15, 0.2) is 34.2 Å². The van der Waals surface area contributed by atoms with Gasteiger partial charge >= 0.3 is 0 Å². The van der Waals surface area contributed by atoms with Crippen molar-refractivity contribution in [1.82, 2.24) is 4.98 Å². The van der Waals surface area contributed by atoms with Crippen molar-refractivity contribution in [1.29, 1.82) is 0 Å². The molecule has 0 saturated heterocycles. The molecule has 1 aromatic heterocycles. The third-order valence-corrected chi connectivity index (χ3v) is 3.33. The maximum Gasteiger partial charge on any atom is 0.153 e. The second-order valence-electron chi connectivity index (χ2n) is 2.99. The Morgan fingerprint density at radius 1 is 1.50 bits per heavy atom. The lowest BCUT2D eigenvalue weighted by atomic mass is 10.2. The van der Waals surface area contributed by atoms with Gasteiger partial charge in [-0.3, -0.25) is 4.79 Å². The number of carbonyl (C=O) groups excluding carboxylic acids is 1. The lowest BCUT2D eigenvalue weighted by molar-refractivity contribution is 0.111. The zero-order valence-corrected chi connectivity index (χ0v) is 10.6. The Kier molecular flexibility index (Phi) is 3.69. The molecule has 0 saturated carbocycles. The molecule has 0 amide bonds. The first kappa shape index (κ1) is 11.3. The summed E-state index contributed by atoms with van der Waals surface area (Å²) < 4.78 is 6.34. The fraction of sp³-hybridized carbons (Fsp3) is 0.0909. The quantitative estimate of drug-likeness (QED) is 0.813. The fourth-order valence-corrected chi connectivity index (χ4v) is 2.25. The van der Waals surface area contributed by atoms with E-state index in [1.165, 1.54) is 11.3 Å². The van der Waals surface area contributed by atoms with Gasteiger partial charge in [0.05, 0.1) is 10.0 Å². The summed E-state index contributed by atoms with van der Waals surface area (Å²) in [5, 5.41) is 2.77. The molecule has 0 atom stereocenters. The Morgan fingerprint density at radius 2 is 2.38 bits per heavy atom. The van der Waals surface area contributed by atoms with E-state index in [2.05, 4.69) is 20.9 Å². The van der Waals surface area contributed by atoms with Crippen molar-refractivity contribution >= 4 is 33.6 Å². The lowest BCUT2D eigenvalue weighted by Gasteiger charge is -2.08. The fourth-order valence-electron chi connectivity index (χ4n) is 1.23. The number of para-hydroxylation sites is 1. The normalized spacial score (nSPS) is 10.1. The maximum absolute atomic E-state index is 10.8. The smallest absolute Gasteiger partial charge is 0.153 e. The minimum absolute atomic E-state index is 0.376. The van der Waals surface area contributed by atoms with E-state index in [-0.39, 0.29) is 0 Å². The van der Waals surface area contributed by atoms with Gasteiger partial charge in [-0.15, -0.1) is 11.3 Å². The monoisotopic (exact) mass is 297 g/mol. The van der Waals surface area contributed by atoms with Crippen LogP contribution < -0.4 is 4.74 Å². The van der Waals surface area contributed by atoms with E-state index in [1.807, 2.05) is 11.4 Å². The number of benzene rings is 1. The molecule has 3 nitrogen and oxygen atoms in total. The van der Waals surface area contributed by atoms with Crippen LogP contribution in [0.25, 0.3) is 0 Å². The average Bonchev–Trinajstić information content (AvgIpc) is 2.80. The molecule has 0 N–H and O–H groups in total. The van der Waals surface area contributed by atoms with Crippen LogP contribution >= 0.6 is 27.3 Å². The van der Waals surface area contributed by atoms with Crippen LogP contribution in [0, 0.1) is 0 Å². The molecule has 0 aliphatic heterocycles. The second-order valence-corrected chi connectivity index (χ2v) is 4.82. The highest BCUT2D eigenvalue weighted by molar-refractivity contribution is 9.10. The molecule has 0 radical (unpaired) electrons. The van der Waals surface area contributed by atoms with Crippen LogP contribution in [-0.4, -0.2) is 11.3 Å². The molecule has 1 heterocycles. The molecule has 0 unspecified atom stereocenters. The molecule has 16 heavy (non-hydrogen) atoms. The molecular weight excluding hydrogens is 290 g/mol. The highest BCUT2D eigenvalue weighted by Crippen LogP contribution is 2.28. The first-order valence-corrected chi connectivity index (χ1v) is 6.23. The number of rotatable bonds is 4. The number of hydrogen-bond donors (Lipinski definition) is 0. The first-order chi connectivity index (χ1) is 7.81. The molecule has 0 fully saturated rings. The van der Waals surface area contributed by atoms with Gasteiger partial charge in [-0.1, -0.05) is 6.07 Å². The van der Waals surface area contributed by atoms with Gasteiger partial charge in [-0.25, -0.2) is 4.98 Å². The van der Waals surface area contributed by atoms with Crippen molar-refractivity contribution in [3.05, 3.63) is 44.8 Å². The standard InChI is InChI=1S/C11H8BrNO2S/c12-9-3-1-2-8(6-14)11(9)15-7-10-13-4-5-16-10/h1-6H,7H2. The van der Waals surface area contributed by atoms with Gasteiger partial charge in [0.1, 0.15) is 17.4 Å². The molecule has 82 valence electrons. The Labute approximate surface area is 105 Å². The number of aldehydes is 1. The summed E-state index contributed by atoms with van der Waals surface area (Å²) in [5.74, 6) is 0.563. The van der Waals surface area contributed by atoms with Crippen molar-refractivity contribution in [2.45, 2.75) is 6.61 Å². The molecule has 2 rings (SSSR count). The van der Waals surface area contributed by atoms with Crippen molar-refractivity contribution in [3.8, 4) is 5.75 Å². The molecule has 1 aromatic carbocycles. The molecule has 0 aliphatic rings. The van der Waals surface area contributed by atoms with Gasteiger partial charge in [0.15, 0.2) is 6.29 Å². The summed E-state index contributed by atoms with van der Waals surface area (Å²) in [7, 11) is 0. The number of halogens is 1. The van der Waals surface area contributed by atoms with Crippen LogP contribution in [0.1, 0.15) is 15.4 Å². The number of hydrogen-bond acceptors (Lipinski definition) is 4. The first-order valence-electron chi connectivity index (χ1n) is 4.56. The van der Waals surface area contributed by atoms with Crippen LogP contribution in [0.2, 0.25) is 0 Å². The minimum atomic E-state index is 0.376. The summed E-state index contributed by atoms with van der Waals surface area (Å²) in [5.41, 5.74) is 0.533. The third kappa shape index (κ3) is 2.48. The second kappa shape index (κ2) is 5.23. The van der Waals surface area contributed by atoms with Crippen LogP contribution in [0.3, 0.4) is 0 Å². The SMILES string of the molecule is O=Cc1cccc(Br)c1OCc1nccs1. The molecule has 2 aromatic rings. The summed E-state index contributed by atoms with van der Waals surface area (Å²) in [6, 6.07) is 5.35. The molecular formula is C11H8BrNO2S. The Morgan fingerprint density at radius 3 is 3.06 bits per heavy atom. The minimum Gasteiger partial charge on any atom is -0.484 e. The van der Waals surface area contributed by atoms with Gasteiger partial charge in [0, 0.05) is 11.6 Å². The van der Waals surface area contributed by atoms with E-state index in [4.69, 9.17) is 4.74 Å². The molecule has 5 heteroatoms. The van der Waals surface area contributed by atoms with Gasteiger partial charge < -0.3 is 4.74 Å². The van der Waals surface area contributed by atoms with Gasteiger partial charge in [0.25, 0.3) is 0 Å². The number of nitrogens with zero attached hydrogens (tertiary/aromatic N) is 1. The van der Waals surface area contributed by atoms with Crippen LogP contribution in [-0.2, 0) is 6.61 Å². The highest BCUT2D eigenvalue weighted by Gasteiger charge is 2.08. The summed E-state index contributed by atoms with van der Waals surface area (Å²) >= 11 is 4.87. The predicted octanol–water partition coefficient (Wildman–Crippen LogP) is 3.30. The average molecular weight is 298 g/mol. The van der Waals surface area contributed by atoms with Gasteiger partial charge in [-0.2, -0.15) is 0 Å². The summed E-state index contributed by atoms with van der Waals surface area (Å²) in [6.07, 6.45) is 2.51. The Balaban J connectivity index is 2.17. The van der Waals surface area contributed by atoms with Crippen LogP contribution in [0.4, 0.5) is 0 Å². The zero-order chi connectivity index (χ0) is 11.4. The van der Waals surface area contributed by atoms with Gasteiger partial charge in [-0.05, 0) is 28.1 Å². The van der Waals surface area contributed by atoms with Gasteiger partial charge in [0.2, 0.25) is 0 Å². The van der Waals surface area contributed by atoms with E-state index < -0.39 is 0 Å². The molecule has 0 spiro atoms. The largest absolute Gasteiger partial charge is 0.484 e. The zero-order valence-electron chi connectivity index (χ0n) is 8.22. The van der Waals surface area contributed by atoms with Crippen LogP contribution in [0.5, 0.6) is 5.75 Å².